The van der Waals surface area contributed by atoms with Gasteiger partial charge < -0.3 is 10.2 Å². The van der Waals surface area contributed by atoms with Gasteiger partial charge in [-0.15, -0.1) is 0 Å². The number of nitriles is 1. The number of rotatable bonds is 6. The van der Waals surface area contributed by atoms with Crippen LogP contribution in [0.25, 0.3) is 0 Å². The van der Waals surface area contributed by atoms with Crippen LogP contribution in [0.15, 0.2) is 48.7 Å². The zero-order valence-corrected chi connectivity index (χ0v) is 11.6. The number of benzene rings is 1. The molecule has 2 rings (SSSR count). The van der Waals surface area contributed by atoms with Gasteiger partial charge in [0.2, 0.25) is 0 Å². The normalized spacial score (nSPS) is 9.80. The Bertz CT molecular complexity index is 575. The van der Waals surface area contributed by atoms with Crippen LogP contribution in [-0.2, 0) is 0 Å². The van der Waals surface area contributed by atoms with E-state index in [0.717, 1.165) is 19.5 Å². The molecule has 0 atom stereocenters. The largest absolute Gasteiger partial charge is 0.375 e. The lowest BCUT2D eigenvalue weighted by atomic mass is 10.2. The van der Waals surface area contributed by atoms with Crippen molar-refractivity contribution in [3.05, 3.63) is 54.2 Å². The van der Waals surface area contributed by atoms with E-state index >= 15 is 0 Å². The summed E-state index contributed by atoms with van der Waals surface area (Å²) in [5.74, 6) is 0.664. The fourth-order valence-electron chi connectivity index (χ4n) is 1.97. The van der Waals surface area contributed by atoms with Crippen LogP contribution >= 0.6 is 0 Å². The molecule has 0 bridgehead atoms. The second kappa shape index (κ2) is 7.15. The average molecular weight is 266 g/mol. The fourth-order valence-corrected chi connectivity index (χ4v) is 1.97. The van der Waals surface area contributed by atoms with E-state index in [4.69, 9.17) is 5.26 Å². The van der Waals surface area contributed by atoms with Crippen molar-refractivity contribution < 1.29 is 0 Å². The van der Waals surface area contributed by atoms with Gasteiger partial charge in [-0.25, -0.2) is 4.98 Å². The quantitative estimate of drug-likeness (QED) is 0.817. The Labute approximate surface area is 119 Å². The summed E-state index contributed by atoms with van der Waals surface area (Å²) >= 11 is 0. The smallest absolute Gasteiger partial charge is 0.143 e. The third kappa shape index (κ3) is 3.72. The average Bonchev–Trinajstić information content (AvgIpc) is 2.52. The standard InChI is InChI=1S/C16H18N4/c1-20(15-8-3-2-4-9-15)12-6-11-19-16-14(13-17)7-5-10-18-16/h2-5,7-10H,6,11-12H2,1H3,(H,18,19). The zero-order chi connectivity index (χ0) is 14.2. The molecule has 0 aliphatic heterocycles. The highest BCUT2D eigenvalue weighted by Gasteiger charge is 2.02. The van der Waals surface area contributed by atoms with Crippen molar-refractivity contribution in [1.82, 2.24) is 4.98 Å². The lowest BCUT2D eigenvalue weighted by Gasteiger charge is -2.19. The van der Waals surface area contributed by atoms with E-state index in [1.165, 1.54) is 5.69 Å². The minimum absolute atomic E-state index is 0.587. The molecular weight excluding hydrogens is 248 g/mol. The maximum atomic E-state index is 8.97. The van der Waals surface area contributed by atoms with Crippen molar-refractivity contribution in [2.75, 3.05) is 30.4 Å². The second-order valence-corrected chi connectivity index (χ2v) is 4.55. The highest BCUT2D eigenvalue weighted by molar-refractivity contribution is 5.51. The summed E-state index contributed by atoms with van der Waals surface area (Å²) in [7, 11) is 2.08. The van der Waals surface area contributed by atoms with Gasteiger partial charge in [-0.05, 0) is 30.7 Å². The Morgan fingerprint density at radius 2 is 2.00 bits per heavy atom. The van der Waals surface area contributed by atoms with Crippen LogP contribution in [0.1, 0.15) is 12.0 Å². The molecule has 4 nitrogen and oxygen atoms in total. The van der Waals surface area contributed by atoms with Gasteiger partial charge in [-0.1, -0.05) is 18.2 Å². The summed E-state index contributed by atoms with van der Waals surface area (Å²) in [6.45, 7) is 1.74. The van der Waals surface area contributed by atoms with Crippen LogP contribution in [-0.4, -0.2) is 25.1 Å². The first-order chi connectivity index (χ1) is 9.81. The SMILES string of the molecule is CN(CCCNc1ncccc1C#N)c1ccccc1. The Morgan fingerprint density at radius 1 is 1.20 bits per heavy atom. The molecule has 0 spiro atoms. The minimum atomic E-state index is 0.587. The number of nitrogens with zero attached hydrogens (tertiary/aromatic N) is 3. The van der Waals surface area contributed by atoms with Gasteiger partial charge in [-0.2, -0.15) is 5.26 Å². The van der Waals surface area contributed by atoms with Gasteiger partial charge in [0, 0.05) is 32.0 Å². The summed E-state index contributed by atoms with van der Waals surface area (Å²) in [6.07, 6.45) is 2.67. The predicted molar refractivity (Wildman–Crippen MR) is 81.8 cm³/mol. The molecule has 0 saturated carbocycles. The molecule has 0 unspecified atom stereocenters. The number of para-hydroxylation sites is 1. The molecule has 0 aliphatic rings. The summed E-state index contributed by atoms with van der Waals surface area (Å²) in [4.78, 5) is 6.39. The lowest BCUT2D eigenvalue weighted by molar-refractivity contribution is 0.814. The number of nitrogens with one attached hydrogen (secondary N) is 1. The van der Waals surface area contributed by atoms with Crippen LogP contribution in [0.5, 0.6) is 0 Å². The molecule has 2 aromatic rings. The first-order valence-corrected chi connectivity index (χ1v) is 6.66. The van der Waals surface area contributed by atoms with Crippen molar-refractivity contribution in [2.45, 2.75) is 6.42 Å². The Morgan fingerprint density at radius 3 is 2.75 bits per heavy atom. The van der Waals surface area contributed by atoms with Crippen LogP contribution in [0.2, 0.25) is 0 Å². The van der Waals surface area contributed by atoms with Crippen LogP contribution in [0.3, 0.4) is 0 Å². The molecule has 1 heterocycles. The van der Waals surface area contributed by atoms with Gasteiger partial charge in [-0.3, -0.25) is 0 Å². The Kier molecular flexibility index (Phi) is 4.96. The molecule has 1 aromatic carbocycles. The van der Waals surface area contributed by atoms with Crippen LogP contribution in [0.4, 0.5) is 11.5 Å². The molecule has 0 fully saturated rings. The highest BCUT2D eigenvalue weighted by Crippen LogP contribution is 2.12. The van der Waals surface area contributed by atoms with Gasteiger partial charge in [0.1, 0.15) is 11.9 Å². The van der Waals surface area contributed by atoms with Crippen molar-refractivity contribution >= 4 is 11.5 Å². The molecule has 0 aliphatic carbocycles. The van der Waals surface area contributed by atoms with Gasteiger partial charge >= 0.3 is 0 Å². The number of hydrogen-bond acceptors (Lipinski definition) is 4. The summed E-state index contributed by atoms with van der Waals surface area (Å²) in [5.41, 5.74) is 1.80. The zero-order valence-electron chi connectivity index (χ0n) is 11.6. The molecule has 4 heteroatoms. The Balaban J connectivity index is 1.78. The summed E-state index contributed by atoms with van der Waals surface area (Å²) in [5, 5.41) is 12.2. The number of pyridine rings is 1. The van der Waals surface area contributed by atoms with E-state index in [9.17, 15) is 0 Å². The third-order valence-corrected chi connectivity index (χ3v) is 3.09. The molecule has 1 aromatic heterocycles. The molecule has 102 valence electrons. The van der Waals surface area contributed by atoms with Crippen molar-refractivity contribution in [2.24, 2.45) is 0 Å². The van der Waals surface area contributed by atoms with E-state index < -0.39 is 0 Å². The van der Waals surface area contributed by atoms with Gasteiger partial charge in [0.25, 0.3) is 0 Å². The van der Waals surface area contributed by atoms with Crippen molar-refractivity contribution in [1.29, 1.82) is 5.26 Å². The number of aromatic nitrogens is 1. The number of hydrogen-bond donors (Lipinski definition) is 1. The molecule has 0 radical (unpaired) electrons. The first kappa shape index (κ1) is 13.9. The molecule has 20 heavy (non-hydrogen) atoms. The van der Waals surface area contributed by atoms with Gasteiger partial charge in [0.05, 0.1) is 5.56 Å². The molecular formula is C16H18N4. The molecule has 0 amide bonds. The van der Waals surface area contributed by atoms with E-state index in [2.05, 4.69) is 40.5 Å². The van der Waals surface area contributed by atoms with E-state index in [1.807, 2.05) is 18.2 Å². The second-order valence-electron chi connectivity index (χ2n) is 4.55. The monoisotopic (exact) mass is 266 g/mol. The number of anilines is 2. The van der Waals surface area contributed by atoms with Gasteiger partial charge in [0.15, 0.2) is 0 Å². The third-order valence-electron chi connectivity index (χ3n) is 3.09. The van der Waals surface area contributed by atoms with Crippen LogP contribution < -0.4 is 10.2 Å². The summed E-state index contributed by atoms with van der Waals surface area (Å²) in [6, 6.07) is 16.0. The van der Waals surface area contributed by atoms with Crippen molar-refractivity contribution in [3.8, 4) is 6.07 Å². The Hall–Kier alpha value is -2.54. The highest BCUT2D eigenvalue weighted by atomic mass is 15.1. The molecule has 1 N–H and O–H groups in total. The predicted octanol–water partition coefficient (Wildman–Crippen LogP) is 2.89. The fraction of sp³-hybridized carbons (Fsp3) is 0.250. The topological polar surface area (TPSA) is 52.0 Å². The molecule has 0 saturated heterocycles. The first-order valence-electron chi connectivity index (χ1n) is 6.66. The van der Waals surface area contributed by atoms with E-state index in [0.29, 0.717) is 11.4 Å². The summed E-state index contributed by atoms with van der Waals surface area (Å²) < 4.78 is 0. The van der Waals surface area contributed by atoms with Crippen molar-refractivity contribution in [3.63, 3.8) is 0 Å². The van der Waals surface area contributed by atoms with Crippen LogP contribution in [0, 0.1) is 11.3 Å². The maximum Gasteiger partial charge on any atom is 0.143 e. The van der Waals surface area contributed by atoms with E-state index in [1.54, 1.807) is 18.3 Å². The maximum absolute atomic E-state index is 8.97. The lowest BCUT2D eigenvalue weighted by Crippen LogP contribution is -2.21. The minimum Gasteiger partial charge on any atom is -0.375 e. The van der Waals surface area contributed by atoms with E-state index in [-0.39, 0.29) is 0 Å².